The predicted molar refractivity (Wildman–Crippen MR) is 76.8 cm³/mol. The number of carbonyl (C=O) groups excluding carboxylic acids is 1. The molecule has 2 aliphatic rings. The average Bonchev–Trinajstić information content (AvgIpc) is 2.61. The van der Waals surface area contributed by atoms with Crippen LogP contribution in [0.5, 0.6) is 0 Å². The molecule has 0 radical (unpaired) electrons. The van der Waals surface area contributed by atoms with Gasteiger partial charge in [-0.05, 0) is 0 Å². The van der Waals surface area contributed by atoms with Crippen LogP contribution in [0.3, 0.4) is 0 Å². The van der Waals surface area contributed by atoms with Gasteiger partial charge in [0.2, 0.25) is 0 Å². The fraction of sp³-hybridized carbons (Fsp3) is 0.643. The lowest BCUT2D eigenvalue weighted by molar-refractivity contribution is -0.221. The summed E-state index contributed by atoms with van der Waals surface area (Å²) in [5, 5.41) is 0. The summed E-state index contributed by atoms with van der Waals surface area (Å²) in [6.07, 6.45) is -3.63. The molecule has 0 aromatic carbocycles. The van der Waals surface area contributed by atoms with Crippen LogP contribution < -0.4 is 4.90 Å². The number of rotatable bonds is 2. The minimum Gasteiger partial charge on any atom is -0.378 e. The summed E-state index contributed by atoms with van der Waals surface area (Å²) in [4.78, 5) is 23.6. The molecule has 2 saturated heterocycles. The van der Waals surface area contributed by atoms with E-state index in [1.165, 1.54) is 17.3 Å². The highest BCUT2D eigenvalue weighted by atomic mass is 19.4. The van der Waals surface area contributed by atoms with Crippen molar-refractivity contribution in [2.75, 3.05) is 50.9 Å². The second kappa shape index (κ2) is 6.89. The van der Waals surface area contributed by atoms with Crippen molar-refractivity contribution in [3.05, 3.63) is 18.1 Å². The minimum atomic E-state index is -4.44. The Hall–Kier alpha value is -1.94. The molecule has 3 rings (SSSR count). The van der Waals surface area contributed by atoms with Crippen molar-refractivity contribution in [3.63, 3.8) is 0 Å². The van der Waals surface area contributed by atoms with Gasteiger partial charge in [0.1, 0.15) is 11.5 Å². The fourth-order valence-corrected chi connectivity index (χ4v) is 2.59. The van der Waals surface area contributed by atoms with Crippen molar-refractivity contribution in [2.24, 2.45) is 0 Å². The number of aromatic nitrogens is 2. The van der Waals surface area contributed by atoms with Crippen molar-refractivity contribution in [1.82, 2.24) is 14.9 Å². The van der Waals surface area contributed by atoms with Crippen molar-refractivity contribution in [1.29, 1.82) is 0 Å². The summed E-state index contributed by atoms with van der Waals surface area (Å²) in [6.45, 7) is 1.65. The van der Waals surface area contributed by atoms with Gasteiger partial charge in [0, 0.05) is 19.6 Å². The molecule has 7 nitrogen and oxygen atoms in total. The van der Waals surface area contributed by atoms with Crippen LogP contribution in [0.2, 0.25) is 0 Å². The summed E-state index contributed by atoms with van der Waals surface area (Å²) in [6, 6.07) is 0. The van der Waals surface area contributed by atoms with Gasteiger partial charge >= 0.3 is 6.18 Å². The van der Waals surface area contributed by atoms with Crippen molar-refractivity contribution >= 4 is 11.7 Å². The lowest BCUT2D eigenvalue weighted by Gasteiger charge is -2.34. The number of hydrogen-bond acceptors (Lipinski definition) is 6. The average molecular weight is 346 g/mol. The zero-order valence-electron chi connectivity index (χ0n) is 12.8. The van der Waals surface area contributed by atoms with Gasteiger partial charge in [-0.25, -0.2) is 4.98 Å². The van der Waals surface area contributed by atoms with Gasteiger partial charge in [0.25, 0.3) is 5.91 Å². The third kappa shape index (κ3) is 3.75. The maximum atomic E-state index is 12.8. The topological polar surface area (TPSA) is 67.8 Å². The summed E-state index contributed by atoms with van der Waals surface area (Å²) in [5.41, 5.74) is 0.115. The van der Waals surface area contributed by atoms with E-state index in [4.69, 9.17) is 9.47 Å². The van der Waals surface area contributed by atoms with E-state index in [1.54, 1.807) is 4.90 Å². The maximum absolute atomic E-state index is 12.8. The van der Waals surface area contributed by atoms with Gasteiger partial charge in [-0.15, -0.1) is 0 Å². The van der Waals surface area contributed by atoms with Gasteiger partial charge in [-0.3, -0.25) is 9.78 Å². The van der Waals surface area contributed by atoms with Gasteiger partial charge in [0.15, 0.2) is 6.10 Å². The first-order valence-electron chi connectivity index (χ1n) is 7.57. The second-order valence-corrected chi connectivity index (χ2v) is 5.51. The zero-order chi connectivity index (χ0) is 17.2. The summed E-state index contributed by atoms with van der Waals surface area (Å²) in [5.74, 6) is -0.0556. The number of morpholine rings is 2. The Bertz CT molecular complexity index is 593. The molecule has 2 fully saturated rings. The van der Waals surface area contributed by atoms with Crippen LogP contribution in [0.15, 0.2) is 12.4 Å². The number of nitrogens with zero attached hydrogens (tertiary/aromatic N) is 4. The molecule has 3 heterocycles. The number of anilines is 1. The molecule has 0 spiro atoms. The number of hydrogen-bond donors (Lipinski definition) is 0. The van der Waals surface area contributed by atoms with E-state index in [-0.39, 0.29) is 37.1 Å². The molecule has 10 heteroatoms. The van der Waals surface area contributed by atoms with Gasteiger partial charge < -0.3 is 19.3 Å². The molecular formula is C14H17F3N4O3. The van der Waals surface area contributed by atoms with E-state index in [1.807, 2.05) is 0 Å². The van der Waals surface area contributed by atoms with Crippen LogP contribution in [0, 0.1) is 0 Å². The normalized spacial score (nSPS) is 22.5. The molecule has 24 heavy (non-hydrogen) atoms. The Labute approximate surface area is 136 Å². The predicted octanol–water partition coefficient (Wildman–Crippen LogP) is 0.716. The first-order chi connectivity index (χ1) is 11.4. The van der Waals surface area contributed by atoms with E-state index in [2.05, 4.69) is 9.97 Å². The molecule has 1 aromatic rings. The number of ether oxygens (including phenoxy) is 2. The van der Waals surface area contributed by atoms with Crippen molar-refractivity contribution in [2.45, 2.75) is 12.3 Å². The lowest BCUT2D eigenvalue weighted by Crippen LogP contribution is -2.49. The second-order valence-electron chi connectivity index (χ2n) is 5.51. The van der Waals surface area contributed by atoms with Gasteiger partial charge in [-0.2, -0.15) is 13.2 Å². The molecule has 0 N–H and O–H groups in total. The van der Waals surface area contributed by atoms with Crippen LogP contribution in [-0.4, -0.2) is 79.1 Å². The van der Waals surface area contributed by atoms with Crippen LogP contribution in [0.1, 0.15) is 10.5 Å². The maximum Gasteiger partial charge on any atom is 0.416 e. The number of halogens is 3. The van der Waals surface area contributed by atoms with Gasteiger partial charge in [-0.1, -0.05) is 0 Å². The van der Waals surface area contributed by atoms with Crippen LogP contribution in [0.25, 0.3) is 0 Å². The monoisotopic (exact) mass is 346 g/mol. The number of carbonyl (C=O) groups is 1. The molecule has 1 aromatic heterocycles. The Morgan fingerprint density at radius 3 is 2.62 bits per heavy atom. The molecule has 1 atom stereocenters. The van der Waals surface area contributed by atoms with E-state index >= 15 is 0 Å². The zero-order valence-corrected chi connectivity index (χ0v) is 12.8. The SMILES string of the molecule is O=C(c1cncc(N2CCOC(C(F)(F)F)C2)n1)N1CCOCC1. The quantitative estimate of drug-likeness (QED) is 0.786. The Balaban J connectivity index is 1.74. The third-order valence-electron chi connectivity index (χ3n) is 3.89. The Kier molecular flexibility index (Phi) is 4.86. The summed E-state index contributed by atoms with van der Waals surface area (Å²) < 4.78 is 48.4. The van der Waals surface area contributed by atoms with Crippen molar-refractivity contribution in [3.8, 4) is 0 Å². The number of amides is 1. The van der Waals surface area contributed by atoms with Crippen molar-refractivity contribution < 1.29 is 27.4 Å². The fourth-order valence-electron chi connectivity index (χ4n) is 2.59. The molecule has 0 saturated carbocycles. The highest BCUT2D eigenvalue weighted by molar-refractivity contribution is 5.92. The van der Waals surface area contributed by atoms with Crippen LogP contribution >= 0.6 is 0 Å². The molecule has 0 aliphatic carbocycles. The number of alkyl halides is 3. The van der Waals surface area contributed by atoms with E-state index in [0.717, 1.165) is 0 Å². The first kappa shape index (κ1) is 16.9. The standard InChI is InChI=1S/C14H17F3N4O3/c15-14(16,17)11-9-21(3-6-24-11)12-8-18-7-10(19-12)13(22)20-1-4-23-5-2-20/h7-8,11H,1-6,9H2. The molecular weight excluding hydrogens is 329 g/mol. The molecule has 1 unspecified atom stereocenters. The van der Waals surface area contributed by atoms with E-state index in [0.29, 0.717) is 26.3 Å². The highest BCUT2D eigenvalue weighted by Gasteiger charge is 2.43. The lowest BCUT2D eigenvalue weighted by atomic mass is 10.2. The highest BCUT2D eigenvalue weighted by Crippen LogP contribution is 2.27. The van der Waals surface area contributed by atoms with E-state index < -0.39 is 12.3 Å². The summed E-state index contributed by atoms with van der Waals surface area (Å²) >= 11 is 0. The van der Waals surface area contributed by atoms with E-state index in [9.17, 15) is 18.0 Å². The largest absolute Gasteiger partial charge is 0.416 e. The van der Waals surface area contributed by atoms with Crippen LogP contribution in [0.4, 0.5) is 19.0 Å². The minimum absolute atomic E-state index is 0.0620. The molecule has 2 aliphatic heterocycles. The summed E-state index contributed by atoms with van der Waals surface area (Å²) in [7, 11) is 0. The smallest absolute Gasteiger partial charge is 0.378 e. The molecule has 1 amide bonds. The van der Waals surface area contributed by atoms with Gasteiger partial charge in [0.05, 0.1) is 38.8 Å². The third-order valence-corrected chi connectivity index (χ3v) is 3.89. The first-order valence-corrected chi connectivity index (χ1v) is 7.57. The van der Waals surface area contributed by atoms with Crippen LogP contribution in [-0.2, 0) is 9.47 Å². The molecule has 132 valence electrons. The molecule has 0 bridgehead atoms. The Morgan fingerprint density at radius 2 is 1.92 bits per heavy atom. The Morgan fingerprint density at radius 1 is 1.17 bits per heavy atom.